The molecule has 6 nitrogen and oxygen atoms in total. The number of aliphatic hydroxyl groups is 1. The number of methoxy groups -OCH3 is 2. The molecule has 3 aromatic carbocycles. The van der Waals surface area contributed by atoms with Crippen molar-refractivity contribution in [2.75, 3.05) is 19.1 Å². The number of nitrogens with zero attached hydrogens (tertiary/aromatic N) is 1. The molecule has 4 rings (SSSR count). The molecular weight excluding hydrogens is 406 g/mol. The number of ketones is 1. The summed E-state index contributed by atoms with van der Waals surface area (Å²) in [5.74, 6) is -0.691. The van der Waals surface area contributed by atoms with E-state index in [0.29, 0.717) is 28.3 Å². The SMILES string of the molecule is COc1ccc(C2/C(=C(\O)c3ccc(C)cc3)C(=O)C(=O)N2c2ccccc2)cc1OC. The molecule has 1 heterocycles. The molecule has 0 spiro atoms. The lowest BCUT2D eigenvalue weighted by Gasteiger charge is -2.26. The van der Waals surface area contributed by atoms with E-state index in [9.17, 15) is 14.7 Å². The number of ether oxygens (including phenoxy) is 2. The molecule has 0 aliphatic carbocycles. The maximum Gasteiger partial charge on any atom is 0.300 e. The topological polar surface area (TPSA) is 76.1 Å². The van der Waals surface area contributed by atoms with E-state index < -0.39 is 17.7 Å². The van der Waals surface area contributed by atoms with Gasteiger partial charge in [-0.1, -0.05) is 54.1 Å². The van der Waals surface area contributed by atoms with E-state index >= 15 is 0 Å². The Hall–Kier alpha value is -4.06. The summed E-state index contributed by atoms with van der Waals surface area (Å²) >= 11 is 0. The molecule has 1 unspecified atom stereocenters. The van der Waals surface area contributed by atoms with E-state index in [1.807, 2.05) is 25.1 Å². The fourth-order valence-electron chi connectivity index (χ4n) is 3.89. The summed E-state index contributed by atoms with van der Waals surface area (Å²) < 4.78 is 10.8. The number of benzene rings is 3. The van der Waals surface area contributed by atoms with Gasteiger partial charge in [-0.25, -0.2) is 0 Å². The number of anilines is 1. The van der Waals surface area contributed by atoms with Crippen LogP contribution in [-0.4, -0.2) is 31.0 Å². The van der Waals surface area contributed by atoms with E-state index in [2.05, 4.69) is 0 Å². The van der Waals surface area contributed by atoms with Crippen LogP contribution in [-0.2, 0) is 9.59 Å². The standard InChI is InChI=1S/C26H23NO5/c1-16-9-11-17(12-10-16)24(28)22-23(18-13-14-20(31-2)21(15-18)32-3)27(26(30)25(22)29)19-7-5-4-6-8-19/h4-15,23,28H,1-3H3/b24-22+. The van der Waals surface area contributed by atoms with Gasteiger partial charge in [0.15, 0.2) is 11.5 Å². The van der Waals surface area contributed by atoms with Crippen LogP contribution in [0.2, 0.25) is 0 Å². The van der Waals surface area contributed by atoms with E-state index in [-0.39, 0.29) is 11.3 Å². The molecule has 1 fully saturated rings. The highest BCUT2D eigenvalue weighted by Crippen LogP contribution is 2.44. The van der Waals surface area contributed by atoms with Crippen LogP contribution in [0.4, 0.5) is 5.69 Å². The summed E-state index contributed by atoms with van der Waals surface area (Å²) in [6.07, 6.45) is 0. The molecule has 0 saturated carbocycles. The second kappa shape index (κ2) is 8.59. The molecule has 6 heteroatoms. The summed E-state index contributed by atoms with van der Waals surface area (Å²) in [6.45, 7) is 1.93. The first-order chi connectivity index (χ1) is 15.5. The Labute approximate surface area is 186 Å². The number of para-hydroxylation sites is 1. The Morgan fingerprint density at radius 3 is 2.16 bits per heavy atom. The summed E-state index contributed by atoms with van der Waals surface area (Å²) in [4.78, 5) is 27.7. The van der Waals surface area contributed by atoms with Crippen LogP contribution in [0.15, 0.2) is 78.4 Å². The lowest BCUT2D eigenvalue weighted by Crippen LogP contribution is -2.29. The van der Waals surface area contributed by atoms with Gasteiger partial charge >= 0.3 is 0 Å². The minimum absolute atomic E-state index is 0.0231. The fraction of sp³-hybridized carbons (Fsp3) is 0.154. The smallest absolute Gasteiger partial charge is 0.300 e. The molecule has 1 aliphatic rings. The van der Waals surface area contributed by atoms with E-state index in [1.165, 1.54) is 19.1 Å². The van der Waals surface area contributed by atoms with Crippen LogP contribution >= 0.6 is 0 Å². The predicted octanol–water partition coefficient (Wildman–Crippen LogP) is 4.64. The van der Waals surface area contributed by atoms with Crippen LogP contribution in [0.25, 0.3) is 5.76 Å². The van der Waals surface area contributed by atoms with E-state index in [4.69, 9.17) is 9.47 Å². The number of aryl methyl sites for hydroxylation is 1. The minimum Gasteiger partial charge on any atom is -0.507 e. The van der Waals surface area contributed by atoms with Crippen molar-refractivity contribution in [3.8, 4) is 11.5 Å². The van der Waals surface area contributed by atoms with Crippen molar-refractivity contribution >= 4 is 23.1 Å². The number of Topliss-reactive ketones (excluding diaryl/α,β-unsaturated/α-hetero) is 1. The largest absolute Gasteiger partial charge is 0.507 e. The molecule has 3 aromatic rings. The third kappa shape index (κ3) is 3.60. The zero-order valence-corrected chi connectivity index (χ0v) is 18.0. The number of amides is 1. The van der Waals surface area contributed by atoms with Gasteiger partial charge in [0.25, 0.3) is 11.7 Å². The fourth-order valence-corrected chi connectivity index (χ4v) is 3.89. The van der Waals surface area contributed by atoms with Crippen molar-refractivity contribution in [3.05, 3.63) is 95.1 Å². The van der Waals surface area contributed by atoms with Gasteiger partial charge in [-0.15, -0.1) is 0 Å². The van der Waals surface area contributed by atoms with Crippen LogP contribution in [0.5, 0.6) is 11.5 Å². The van der Waals surface area contributed by atoms with E-state index in [0.717, 1.165) is 5.56 Å². The van der Waals surface area contributed by atoms with Crippen LogP contribution in [0.1, 0.15) is 22.7 Å². The van der Waals surface area contributed by atoms with Crippen LogP contribution in [0.3, 0.4) is 0 Å². The van der Waals surface area contributed by atoms with Crippen molar-refractivity contribution < 1.29 is 24.2 Å². The number of aliphatic hydroxyl groups excluding tert-OH is 1. The normalized spacial score (nSPS) is 17.5. The third-order valence-electron chi connectivity index (χ3n) is 5.53. The lowest BCUT2D eigenvalue weighted by atomic mass is 9.94. The molecule has 1 N–H and O–H groups in total. The molecule has 1 amide bonds. The zero-order chi connectivity index (χ0) is 22.8. The number of rotatable bonds is 5. The lowest BCUT2D eigenvalue weighted by molar-refractivity contribution is -0.132. The predicted molar refractivity (Wildman–Crippen MR) is 122 cm³/mol. The Balaban J connectivity index is 1.96. The third-order valence-corrected chi connectivity index (χ3v) is 5.53. The van der Waals surface area contributed by atoms with Crippen molar-refractivity contribution in [1.82, 2.24) is 0 Å². The van der Waals surface area contributed by atoms with Gasteiger partial charge in [-0.3, -0.25) is 14.5 Å². The summed E-state index contributed by atoms with van der Waals surface area (Å²) in [5, 5.41) is 11.1. The molecule has 1 aliphatic heterocycles. The van der Waals surface area contributed by atoms with Gasteiger partial charge in [0.2, 0.25) is 0 Å². The summed E-state index contributed by atoms with van der Waals surface area (Å²) in [7, 11) is 3.05. The first-order valence-corrected chi connectivity index (χ1v) is 10.1. The average Bonchev–Trinajstić information content (AvgIpc) is 3.09. The van der Waals surface area contributed by atoms with Gasteiger partial charge < -0.3 is 14.6 Å². The molecule has 32 heavy (non-hydrogen) atoms. The van der Waals surface area contributed by atoms with Gasteiger partial charge in [0.05, 0.1) is 25.8 Å². The molecule has 1 saturated heterocycles. The number of carbonyl (C=O) groups excluding carboxylic acids is 2. The second-order valence-corrected chi connectivity index (χ2v) is 7.49. The van der Waals surface area contributed by atoms with E-state index in [1.54, 1.807) is 54.6 Å². The van der Waals surface area contributed by atoms with Gasteiger partial charge in [-0.05, 0) is 36.8 Å². The highest BCUT2D eigenvalue weighted by Gasteiger charge is 2.47. The minimum atomic E-state index is -0.835. The zero-order valence-electron chi connectivity index (χ0n) is 18.0. The average molecular weight is 429 g/mol. The van der Waals surface area contributed by atoms with Gasteiger partial charge in [0, 0.05) is 11.3 Å². The Kier molecular flexibility index (Phi) is 5.69. The summed E-state index contributed by atoms with van der Waals surface area (Å²) in [6, 6.07) is 20.4. The van der Waals surface area contributed by atoms with Crippen LogP contribution < -0.4 is 14.4 Å². The maximum atomic E-state index is 13.2. The van der Waals surface area contributed by atoms with Crippen molar-refractivity contribution in [2.45, 2.75) is 13.0 Å². The Morgan fingerprint density at radius 2 is 1.53 bits per heavy atom. The molecular formula is C26H23NO5. The van der Waals surface area contributed by atoms with Crippen molar-refractivity contribution in [2.24, 2.45) is 0 Å². The number of hydrogen-bond donors (Lipinski definition) is 1. The molecule has 162 valence electrons. The molecule has 0 aromatic heterocycles. The van der Waals surface area contributed by atoms with Crippen molar-refractivity contribution in [1.29, 1.82) is 0 Å². The highest BCUT2D eigenvalue weighted by molar-refractivity contribution is 6.51. The summed E-state index contributed by atoms with van der Waals surface area (Å²) in [5.41, 5.74) is 2.67. The Morgan fingerprint density at radius 1 is 0.875 bits per heavy atom. The van der Waals surface area contributed by atoms with Gasteiger partial charge in [0.1, 0.15) is 5.76 Å². The maximum absolute atomic E-state index is 13.2. The number of carbonyl (C=O) groups is 2. The Bertz CT molecular complexity index is 1200. The van der Waals surface area contributed by atoms with Crippen molar-refractivity contribution in [3.63, 3.8) is 0 Å². The second-order valence-electron chi connectivity index (χ2n) is 7.49. The first-order valence-electron chi connectivity index (χ1n) is 10.1. The molecule has 0 bridgehead atoms. The quantitative estimate of drug-likeness (QED) is 0.363. The van der Waals surface area contributed by atoms with Crippen LogP contribution in [0, 0.1) is 6.92 Å². The molecule has 0 radical (unpaired) electrons. The first kappa shape index (κ1) is 21.2. The monoisotopic (exact) mass is 429 g/mol. The van der Waals surface area contributed by atoms with Gasteiger partial charge in [-0.2, -0.15) is 0 Å². The molecule has 1 atom stereocenters. The highest BCUT2D eigenvalue weighted by atomic mass is 16.5. The number of hydrogen-bond acceptors (Lipinski definition) is 5.